The third-order valence-electron chi connectivity index (χ3n) is 2.10. The van der Waals surface area contributed by atoms with Gasteiger partial charge in [0.2, 0.25) is 5.82 Å². The van der Waals surface area contributed by atoms with Crippen molar-refractivity contribution in [2.24, 2.45) is 0 Å². The largest absolute Gasteiger partial charge is 0.458 e. The van der Waals surface area contributed by atoms with Crippen LogP contribution in [0.3, 0.4) is 0 Å². The van der Waals surface area contributed by atoms with Crippen LogP contribution in [0.25, 0.3) is 0 Å². The Morgan fingerprint density at radius 3 is 2.68 bits per heavy atom. The van der Waals surface area contributed by atoms with E-state index in [4.69, 9.17) is 4.74 Å². The lowest BCUT2D eigenvalue weighted by molar-refractivity contribution is -0.384. The van der Waals surface area contributed by atoms with Crippen molar-refractivity contribution in [3.8, 4) is 0 Å². The van der Waals surface area contributed by atoms with Crippen LogP contribution in [0.4, 0.5) is 11.5 Å². The van der Waals surface area contributed by atoms with E-state index >= 15 is 0 Å². The Kier molecular flexibility index (Phi) is 4.42. The van der Waals surface area contributed by atoms with E-state index in [9.17, 15) is 14.9 Å². The molecule has 7 nitrogen and oxygen atoms in total. The van der Waals surface area contributed by atoms with Gasteiger partial charge in [0.25, 0.3) is 0 Å². The van der Waals surface area contributed by atoms with E-state index in [1.807, 2.05) is 0 Å². The predicted molar refractivity (Wildman–Crippen MR) is 69.8 cm³/mol. The zero-order chi connectivity index (χ0) is 14.6. The molecule has 1 heterocycles. The van der Waals surface area contributed by atoms with Crippen molar-refractivity contribution in [2.45, 2.75) is 39.3 Å². The van der Waals surface area contributed by atoms with Gasteiger partial charge in [-0.25, -0.2) is 9.78 Å². The van der Waals surface area contributed by atoms with Crippen molar-refractivity contribution in [3.63, 3.8) is 0 Å². The summed E-state index contributed by atoms with van der Waals surface area (Å²) in [6.45, 7) is 6.81. The summed E-state index contributed by atoms with van der Waals surface area (Å²) in [7, 11) is 0. The van der Waals surface area contributed by atoms with E-state index in [1.54, 1.807) is 27.7 Å². The molecule has 0 saturated carbocycles. The van der Waals surface area contributed by atoms with E-state index in [2.05, 4.69) is 10.3 Å². The van der Waals surface area contributed by atoms with Crippen LogP contribution < -0.4 is 5.32 Å². The normalized spacial score (nSPS) is 12.6. The summed E-state index contributed by atoms with van der Waals surface area (Å²) in [5.41, 5.74) is -0.791. The lowest BCUT2D eigenvalue weighted by atomic mass is 10.2. The molecule has 0 radical (unpaired) electrons. The van der Waals surface area contributed by atoms with Crippen LogP contribution in [-0.2, 0) is 9.53 Å². The van der Waals surface area contributed by atoms with Crippen molar-refractivity contribution in [2.75, 3.05) is 5.32 Å². The molecule has 104 valence electrons. The van der Waals surface area contributed by atoms with Gasteiger partial charge in [0, 0.05) is 12.3 Å². The third-order valence-corrected chi connectivity index (χ3v) is 2.10. The van der Waals surface area contributed by atoms with Crippen molar-refractivity contribution >= 4 is 17.5 Å². The summed E-state index contributed by atoms with van der Waals surface area (Å²) in [5.74, 6) is -0.446. The molecular formula is C12H17N3O4. The molecule has 0 aromatic carbocycles. The number of rotatable bonds is 4. The number of anilines is 1. The minimum atomic E-state index is -0.729. The van der Waals surface area contributed by atoms with Crippen LogP contribution in [0.5, 0.6) is 0 Å². The molecule has 0 aliphatic rings. The highest BCUT2D eigenvalue weighted by Gasteiger charge is 2.24. The van der Waals surface area contributed by atoms with Crippen LogP contribution in [0, 0.1) is 10.1 Å². The maximum atomic E-state index is 11.8. The second-order valence-electron chi connectivity index (χ2n) is 5.03. The standard InChI is InChI=1S/C12H17N3O4/c1-8(11(16)19-12(2,3)4)14-10-9(15(17)18)6-5-7-13-10/h5-8H,1-4H3,(H,13,14). The molecule has 1 aromatic heterocycles. The smallest absolute Gasteiger partial charge is 0.328 e. The highest BCUT2D eigenvalue weighted by Crippen LogP contribution is 2.21. The number of nitrogens with one attached hydrogen (secondary N) is 1. The SMILES string of the molecule is CC(Nc1ncccc1[N+](=O)[O-])C(=O)OC(C)(C)C. The fourth-order valence-corrected chi connectivity index (χ4v) is 1.31. The molecule has 19 heavy (non-hydrogen) atoms. The van der Waals surface area contributed by atoms with E-state index in [-0.39, 0.29) is 11.5 Å². The topological polar surface area (TPSA) is 94.4 Å². The monoisotopic (exact) mass is 267 g/mol. The number of nitro groups is 1. The summed E-state index contributed by atoms with van der Waals surface area (Å²) in [4.78, 5) is 25.9. The number of aromatic nitrogens is 1. The molecule has 1 aromatic rings. The van der Waals surface area contributed by atoms with Crippen molar-refractivity contribution in [1.29, 1.82) is 0 Å². The van der Waals surface area contributed by atoms with Gasteiger partial charge in [-0.2, -0.15) is 0 Å². The van der Waals surface area contributed by atoms with Gasteiger partial charge in [0.05, 0.1) is 4.92 Å². The maximum absolute atomic E-state index is 11.8. The van der Waals surface area contributed by atoms with Gasteiger partial charge in [-0.1, -0.05) is 0 Å². The molecule has 1 unspecified atom stereocenters. The van der Waals surface area contributed by atoms with Crippen LogP contribution in [0.1, 0.15) is 27.7 Å². The van der Waals surface area contributed by atoms with Crippen LogP contribution in [-0.4, -0.2) is 27.5 Å². The van der Waals surface area contributed by atoms with Gasteiger partial charge in [-0.05, 0) is 33.8 Å². The molecular weight excluding hydrogens is 250 g/mol. The molecule has 1 atom stereocenters. The Morgan fingerprint density at radius 1 is 1.53 bits per heavy atom. The Morgan fingerprint density at radius 2 is 2.16 bits per heavy atom. The first kappa shape index (κ1) is 14.9. The van der Waals surface area contributed by atoms with Gasteiger partial charge >= 0.3 is 11.7 Å². The number of pyridine rings is 1. The van der Waals surface area contributed by atoms with Crippen LogP contribution in [0.15, 0.2) is 18.3 Å². The highest BCUT2D eigenvalue weighted by molar-refractivity contribution is 5.79. The maximum Gasteiger partial charge on any atom is 0.328 e. The van der Waals surface area contributed by atoms with Crippen LogP contribution >= 0.6 is 0 Å². The summed E-state index contributed by atoms with van der Waals surface area (Å²) < 4.78 is 5.17. The molecule has 0 saturated heterocycles. The minimum absolute atomic E-state index is 0.0471. The fraction of sp³-hybridized carbons (Fsp3) is 0.500. The third kappa shape index (κ3) is 4.53. The first-order valence-corrected chi connectivity index (χ1v) is 5.79. The van der Waals surface area contributed by atoms with E-state index < -0.39 is 22.5 Å². The van der Waals surface area contributed by atoms with Gasteiger partial charge in [-0.15, -0.1) is 0 Å². The lowest BCUT2D eigenvalue weighted by Gasteiger charge is -2.22. The zero-order valence-corrected chi connectivity index (χ0v) is 11.3. The van der Waals surface area contributed by atoms with E-state index in [0.717, 1.165) is 0 Å². The molecule has 0 spiro atoms. The summed E-state index contributed by atoms with van der Waals surface area (Å²) >= 11 is 0. The van der Waals surface area contributed by atoms with Crippen LogP contribution in [0.2, 0.25) is 0 Å². The van der Waals surface area contributed by atoms with Gasteiger partial charge in [0.15, 0.2) is 0 Å². The number of esters is 1. The average molecular weight is 267 g/mol. The molecule has 0 aliphatic carbocycles. The summed E-state index contributed by atoms with van der Waals surface area (Å²) in [6.07, 6.45) is 1.41. The first-order chi connectivity index (χ1) is 8.70. The number of carbonyl (C=O) groups excluding carboxylic acids is 1. The lowest BCUT2D eigenvalue weighted by Crippen LogP contribution is -2.34. The minimum Gasteiger partial charge on any atom is -0.458 e. The van der Waals surface area contributed by atoms with Crippen molar-refractivity contribution < 1.29 is 14.5 Å². The van der Waals surface area contributed by atoms with E-state index in [0.29, 0.717) is 0 Å². The molecule has 0 amide bonds. The fourth-order valence-electron chi connectivity index (χ4n) is 1.31. The average Bonchev–Trinajstić information content (AvgIpc) is 2.27. The number of hydrogen-bond donors (Lipinski definition) is 1. The molecule has 0 fully saturated rings. The van der Waals surface area contributed by atoms with Crippen molar-refractivity contribution in [1.82, 2.24) is 4.98 Å². The second-order valence-corrected chi connectivity index (χ2v) is 5.03. The Hall–Kier alpha value is -2.18. The number of carbonyl (C=O) groups is 1. The Bertz CT molecular complexity index is 482. The quantitative estimate of drug-likeness (QED) is 0.510. The van der Waals surface area contributed by atoms with Gasteiger partial charge < -0.3 is 10.1 Å². The van der Waals surface area contributed by atoms with Crippen molar-refractivity contribution in [3.05, 3.63) is 28.4 Å². The number of hydrogen-bond acceptors (Lipinski definition) is 6. The highest BCUT2D eigenvalue weighted by atomic mass is 16.6. The van der Waals surface area contributed by atoms with Gasteiger partial charge in [-0.3, -0.25) is 10.1 Å². The first-order valence-electron chi connectivity index (χ1n) is 5.79. The number of ether oxygens (including phenoxy) is 1. The second kappa shape index (κ2) is 5.64. The number of nitrogens with zero attached hydrogens (tertiary/aromatic N) is 2. The molecule has 1 N–H and O–H groups in total. The molecule has 7 heteroatoms. The summed E-state index contributed by atoms with van der Waals surface area (Å²) in [5, 5.41) is 13.5. The Labute approximate surface area is 111 Å². The van der Waals surface area contributed by atoms with E-state index in [1.165, 1.54) is 18.3 Å². The summed E-state index contributed by atoms with van der Waals surface area (Å²) in [6, 6.07) is 2.05. The molecule has 1 rings (SSSR count). The predicted octanol–water partition coefficient (Wildman–Crippen LogP) is 2.13. The molecule has 0 bridgehead atoms. The molecule has 0 aliphatic heterocycles. The van der Waals surface area contributed by atoms with Gasteiger partial charge in [0.1, 0.15) is 11.6 Å². The zero-order valence-electron chi connectivity index (χ0n) is 11.3. The Balaban J connectivity index is 2.80.